The van der Waals surface area contributed by atoms with E-state index in [0.717, 1.165) is 37.4 Å². The second-order valence-corrected chi connectivity index (χ2v) is 10.3. The monoisotopic (exact) mass is 452 g/mol. The van der Waals surface area contributed by atoms with E-state index >= 15 is 0 Å². The molecule has 0 bridgehead atoms. The van der Waals surface area contributed by atoms with Crippen molar-refractivity contribution in [2.75, 3.05) is 26.2 Å². The maximum Gasteiger partial charge on any atom is 0.274 e. The Kier molecular flexibility index (Phi) is 7.05. The molecule has 2 atom stereocenters. The summed E-state index contributed by atoms with van der Waals surface area (Å²) in [6, 6.07) is 11.6. The number of H-pyrrole nitrogens is 1. The van der Waals surface area contributed by atoms with Crippen LogP contribution in [0, 0.1) is 5.92 Å². The number of hydrogen-bond acceptors (Lipinski definition) is 4. The van der Waals surface area contributed by atoms with Crippen LogP contribution < -0.4 is 4.74 Å². The molecule has 3 heterocycles. The van der Waals surface area contributed by atoms with Gasteiger partial charge in [0.15, 0.2) is 0 Å². The number of ether oxygens (including phenoxy) is 1. The molecule has 0 aliphatic carbocycles. The molecule has 0 saturated carbocycles. The van der Waals surface area contributed by atoms with Gasteiger partial charge in [0.2, 0.25) is 5.91 Å². The van der Waals surface area contributed by atoms with E-state index in [1.54, 1.807) is 0 Å². The molecule has 0 radical (unpaired) electrons. The van der Waals surface area contributed by atoms with Crippen molar-refractivity contribution in [2.24, 2.45) is 5.92 Å². The number of para-hydroxylation sites is 1. The summed E-state index contributed by atoms with van der Waals surface area (Å²) in [5, 5.41) is 7.29. The van der Waals surface area contributed by atoms with Gasteiger partial charge < -0.3 is 14.5 Å². The molecule has 1 aromatic heterocycles. The first kappa shape index (κ1) is 23.3. The predicted octanol–water partition coefficient (Wildman–Crippen LogP) is 4.02. The van der Waals surface area contributed by atoms with Crippen LogP contribution in [0.3, 0.4) is 0 Å². The van der Waals surface area contributed by atoms with Gasteiger partial charge in [-0.1, -0.05) is 39.0 Å². The SMILES string of the molecule is CC(C)(C)c1cc(C(=O)N2CC[C@H](Oc3ccccc3)[C@@H](CC(=O)N3CCCCC3)C2)n[nH]1. The van der Waals surface area contributed by atoms with E-state index in [2.05, 4.69) is 31.0 Å². The third-order valence-corrected chi connectivity index (χ3v) is 6.73. The molecule has 1 aromatic carbocycles. The van der Waals surface area contributed by atoms with Crippen LogP contribution in [0.15, 0.2) is 36.4 Å². The van der Waals surface area contributed by atoms with Gasteiger partial charge in [-0.3, -0.25) is 14.7 Å². The van der Waals surface area contributed by atoms with Gasteiger partial charge in [0, 0.05) is 56.0 Å². The van der Waals surface area contributed by atoms with Gasteiger partial charge in [-0.15, -0.1) is 0 Å². The van der Waals surface area contributed by atoms with Gasteiger partial charge >= 0.3 is 0 Å². The standard InChI is InChI=1S/C26H36N4O3/c1-26(2,3)23-17-21(27-28-23)25(32)30-15-12-22(33-20-10-6-4-7-11-20)19(18-30)16-24(31)29-13-8-5-9-14-29/h4,6-7,10-11,17,19,22H,5,8-9,12-16,18H2,1-3H3,(H,27,28)/t19-,22-/m0/s1. The summed E-state index contributed by atoms with van der Waals surface area (Å²) in [6.45, 7) is 9.01. The van der Waals surface area contributed by atoms with Crippen LogP contribution in [-0.2, 0) is 10.2 Å². The van der Waals surface area contributed by atoms with Crippen molar-refractivity contribution in [3.05, 3.63) is 47.8 Å². The zero-order chi connectivity index (χ0) is 23.4. The number of aromatic amines is 1. The zero-order valence-corrected chi connectivity index (χ0v) is 20.0. The van der Waals surface area contributed by atoms with E-state index in [4.69, 9.17) is 4.74 Å². The van der Waals surface area contributed by atoms with Gasteiger partial charge in [0.05, 0.1) is 0 Å². The highest BCUT2D eigenvalue weighted by Gasteiger charge is 2.36. The largest absolute Gasteiger partial charge is 0.490 e. The first-order valence-corrected chi connectivity index (χ1v) is 12.2. The zero-order valence-electron chi connectivity index (χ0n) is 20.0. The molecule has 7 nitrogen and oxygen atoms in total. The molecule has 7 heteroatoms. The Labute approximate surface area is 196 Å². The van der Waals surface area contributed by atoms with Gasteiger partial charge in [-0.25, -0.2) is 0 Å². The van der Waals surface area contributed by atoms with Crippen LogP contribution in [0.1, 0.15) is 69.1 Å². The van der Waals surface area contributed by atoms with E-state index in [1.165, 1.54) is 6.42 Å². The first-order chi connectivity index (χ1) is 15.8. The van der Waals surface area contributed by atoms with Crippen LogP contribution in [0.5, 0.6) is 5.75 Å². The molecule has 2 fully saturated rings. The van der Waals surface area contributed by atoms with Crippen LogP contribution in [0.25, 0.3) is 0 Å². The van der Waals surface area contributed by atoms with E-state index in [0.29, 0.717) is 31.6 Å². The Bertz CT molecular complexity index is 944. The number of carbonyl (C=O) groups is 2. The maximum atomic E-state index is 13.2. The van der Waals surface area contributed by atoms with Crippen molar-refractivity contribution in [3.63, 3.8) is 0 Å². The molecular weight excluding hydrogens is 416 g/mol. The first-order valence-electron chi connectivity index (χ1n) is 12.2. The van der Waals surface area contributed by atoms with Crippen molar-refractivity contribution < 1.29 is 14.3 Å². The summed E-state index contributed by atoms with van der Waals surface area (Å²) in [4.78, 5) is 30.1. The fourth-order valence-corrected chi connectivity index (χ4v) is 4.69. The Hall–Kier alpha value is -2.83. The molecule has 1 N–H and O–H groups in total. The number of nitrogens with zero attached hydrogens (tertiary/aromatic N) is 3. The lowest BCUT2D eigenvalue weighted by molar-refractivity contribution is -0.134. The van der Waals surface area contributed by atoms with Gasteiger partial charge in [0.25, 0.3) is 5.91 Å². The highest BCUT2D eigenvalue weighted by atomic mass is 16.5. The van der Waals surface area contributed by atoms with Gasteiger partial charge in [-0.2, -0.15) is 5.10 Å². The fourth-order valence-electron chi connectivity index (χ4n) is 4.69. The minimum Gasteiger partial charge on any atom is -0.490 e. The topological polar surface area (TPSA) is 78.5 Å². The number of amides is 2. The van der Waals surface area contributed by atoms with Crippen LogP contribution in [0.4, 0.5) is 0 Å². The molecule has 2 aliphatic heterocycles. The molecule has 2 aliphatic rings. The fraction of sp³-hybridized carbons (Fsp3) is 0.577. The predicted molar refractivity (Wildman–Crippen MR) is 127 cm³/mol. The third-order valence-electron chi connectivity index (χ3n) is 6.73. The second-order valence-electron chi connectivity index (χ2n) is 10.3. The van der Waals surface area contributed by atoms with Crippen molar-refractivity contribution in [3.8, 4) is 5.75 Å². The maximum absolute atomic E-state index is 13.2. The highest BCUT2D eigenvalue weighted by Crippen LogP contribution is 2.28. The highest BCUT2D eigenvalue weighted by molar-refractivity contribution is 5.92. The number of hydrogen-bond donors (Lipinski definition) is 1. The smallest absolute Gasteiger partial charge is 0.274 e. The Balaban J connectivity index is 1.48. The number of benzene rings is 1. The number of piperidine rings is 2. The number of nitrogens with one attached hydrogen (secondary N) is 1. The average molecular weight is 453 g/mol. The Morgan fingerprint density at radius 3 is 2.45 bits per heavy atom. The lowest BCUT2D eigenvalue weighted by atomic mass is 9.90. The number of likely N-dealkylation sites (tertiary alicyclic amines) is 2. The molecule has 178 valence electrons. The molecule has 0 unspecified atom stereocenters. The van der Waals surface area contributed by atoms with Crippen LogP contribution in [-0.4, -0.2) is 64.1 Å². The van der Waals surface area contributed by atoms with E-state index in [-0.39, 0.29) is 29.3 Å². The van der Waals surface area contributed by atoms with Crippen molar-refractivity contribution in [1.82, 2.24) is 20.0 Å². The Morgan fingerprint density at radius 1 is 1.06 bits per heavy atom. The summed E-state index contributed by atoms with van der Waals surface area (Å²) in [5.41, 5.74) is 1.26. The third kappa shape index (κ3) is 5.75. The summed E-state index contributed by atoms with van der Waals surface area (Å²) in [6.07, 6.45) is 4.31. The lowest BCUT2D eigenvalue weighted by Gasteiger charge is -2.39. The van der Waals surface area contributed by atoms with Crippen molar-refractivity contribution in [2.45, 2.75) is 64.4 Å². The normalized spacial score (nSPS) is 21.7. The Morgan fingerprint density at radius 2 is 1.79 bits per heavy atom. The molecule has 4 rings (SSSR count). The van der Waals surface area contributed by atoms with Crippen LogP contribution in [0.2, 0.25) is 0 Å². The minimum atomic E-state index is -0.106. The van der Waals surface area contributed by atoms with Gasteiger partial charge in [-0.05, 0) is 37.5 Å². The van der Waals surface area contributed by atoms with Crippen LogP contribution >= 0.6 is 0 Å². The van der Waals surface area contributed by atoms with E-state index in [9.17, 15) is 9.59 Å². The summed E-state index contributed by atoms with van der Waals surface area (Å²) in [5.74, 6) is 0.832. The van der Waals surface area contributed by atoms with E-state index in [1.807, 2.05) is 46.2 Å². The van der Waals surface area contributed by atoms with E-state index < -0.39 is 0 Å². The number of rotatable bonds is 5. The molecular formula is C26H36N4O3. The summed E-state index contributed by atoms with van der Waals surface area (Å²) in [7, 11) is 0. The molecule has 2 aromatic rings. The number of aromatic nitrogens is 2. The molecule has 33 heavy (non-hydrogen) atoms. The second kappa shape index (κ2) is 9.98. The van der Waals surface area contributed by atoms with Crippen molar-refractivity contribution in [1.29, 1.82) is 0 Å². The summed E-state index contributed by atoms with van der Waals surface area (Å²) < 4.78 is 6.31. The minimum absolute atomic E-state index is 0.0571. The van der Waals surface area contributed by atoms with Gasteiger partial charge in [0.1, 0.15) is 17.5 Å². The quantitative estimate of drug-likeness (QED) is 0.743. The lowest BCUT2D eigenvalue weighted by Crippen LogP contribution is -2.50. The number of carbonyl (C=O) groups excluding carboxylic acids is 2. The molecule has 2 saturated heterocycles. The van der Waals surface area contributed by atoms with Crippen molar-refractivity contribution >= 4 is 11.8 Å². The summed E-state index contributed by atoms with van der Waals surface area (Å²) >= 11 is 0. The average Bonchev–Trinajstić information content (AvgIpc) is 3.32. The molecule has 0 spiro atoms. The molecule has 2 amide bonds.